The normalized spacial score (nSPS) is 11.2. The first-order valence-corrected chi connectivity index (χ1v) is 8.62. The van der Waals surface area contributed by atoms with Crippen molar-refractivity contribution >= 4 is 16.9 Å². The van der Waals surface area contributed by atoms with Gasteiger partial charge in [-0.25, -0.2) is 9.18 Å². The van der Waals surface area contributed by atoms with Crippen LogP contribution in [-0.2, 0) is 6.42 Å². The van der Waals surface area contributed by atoms with Gasteiger partial charge in [-0.15, -0.1) is 0 Å². The van der Waals surface area contributed by atoms with Crippen LogP contribution in [0.2, 0.25) is 0 Å². The first-order chi connectivity index (χ1) is 12.9. The quantitative estimate of drug-likeness (QED) is 0.505. The van der Waals surface area contributed by atoms with Crippen LogP contribution >= 0.6 is 0 Å². The summed E-state index contributed by atoms with van der Waals surface area (Å²) in [4.78, 5) is 14.1. The predicted molar refractivity (Wildman–Crippen MR) is 102 cm³/mol. The zero-order chi connectivity index (χ0) is 19.1. The van der Waals surface area contributed by atoms with Gasteiger partial charge in [0.1, 0.15) is 5.58 Å². The molecule has 0 radical (unpaired) electrons. The highest BCUT2D eigenvalue weighted by atomic mass is 19.1. The highest BCUT2D eigenvalue weighted by Crippen LogP contribution is 2.35. The molecule has 0 atom stereocenters. The number of aromatic amines is 1. The minimum Gasteiger partial charge on any atom is -0.478 e. The van der Waals surface area contributed by atoms with E-state index in [-0.39, 0.29) is 17.1 Å². The molecule has 0 aliphatic rings. The molecule has 2 aromatic carbocycles. The van der Waals surface area contributed by atoms with Crippen LogP contribution in [0.4, 0.5) is 4.39 Å². The molecule has 2 heterocycles. The molecule has 136 valence electrons. The molecule has 0 aliphatic heterocycles. The van der Waals surface area contributed by atoms with Crippen molar-refractivity contribution in [2.24, 2.45) is 0 Å². The van der Waals surface area contributed by atoms with Crippen molar-refractivity contribution in [3.05, 3.63) is 82.3 Å². The van der Waals surface area contributed by atoms with E-state index in [1.807, 2.05) is 32.0 Å². The van der Waals surface area contributed by atoms with Crippen LogP contribution in [0.1, 0.15) is 32.7 Å². The molecule has 2 N–H and O–H groups in total. The van der Waals surface area contributed by atoms with Gasteiger partial charge >= 0.3 is 5.97 Å². The number of aromatic nitrogens is 1. The van der Waals surface area contributed by atoms with Gasteiger partial charge < -0.3 is 14.5 Å². The number of aryl methyl sites for hydroxylation is 2. The average molecular weight is 363 g/mol. The Morgan fingerprint density at radius 1 is 1.04 bits per heavy atom. The Morgan fingerprint density at radius 3 is 2.41 bits per heavy atom. The number of H-pyrrole nitrogens is 1. The highest BCUT2D eigenvalue weighted by Gasteiger charge is 2.20. The van der Waals surface area contributed by atoms with Crippen molar-refractivity contribution in [3.63, 3.8) is 0 Å². The summed E-state index contributed by atoms with van der Waals surface area (Å²) >= 11 is 0. The molecule has 0 aliphatic carbocycles. The van der Waals surface area contributed by atoms with Gasteiger partial charge in [0.2, 0.25) is 0 Å². The summed E-state index contributed by atoms with van der Waals surface area (Å²) in [6.45, 7) is 3.76. The molecule has 0 bridgehead atoms. The second-order valence-electron chi connectivity index (χ2n) is 6.72. The van der Waals surface area contributed by atoms with Crippen LogP contribution < -0.4 is 0 Å². The number of rotatable bonds is 4. The van der Waals surface area contributed by atoms with Crippen LogP contribution in [0.25, 0.3) is 22.4 Å². The Labute approximate surface area is 155 Å². The third-order valence-electron chi connectivity index (χ3n) is 4.77. The monoisotopic (exact) mass is 363 g/mol. The molecule has 0 fully saturated rings. The van der Waals surface area contributed by atoms with Gasteiger partial charge in [-0.05, 0) is 54.8 Å². The molecule has 2 aromatic heterocycles. The number of benzene rings is 2. The molecule has 4 rings (SSSR count). The predicted octanol–water partition coefficient (Wildman–Crippen LogP) is 5.47. The van der Waals surface area contributed by atoms with E-state index in [2.05, 4.69) is 4.98 Å². The summed E-state index contributed by atoms with van der Waals surface area (Å²) in [6.07, 6.45) is 0.583. The average Bonchev–Trinajstić information content (AvgIpc) is 3.24. The van der Waals surface area contributed by atoms with Crippen molar-refractivity contribution in [2.45, 2.75) is 20.3 Å². The summed E-state index contributed by atoms with van der Waals surface area (Å²) in [5, 5.41) is 9.49. The first kappa shape index (κ1) is 17.1. The summed E-state index contributed by atoms with van der Waals surface area (Å²) in [7, 11) is 0. The van der Waals surface area contributed by atoms with E-state index in [0.29, 0.717) is 23.1 Å². The van der Waals surface area contributed by atoms with Crippen molar-refractivity contribution in [2.75, 3.05) is 0 Å². The number of carbonyl (C=O) groups is 1. The SMILES string of the molecule is Cc1ccc(C)c2c(F)c(-c3ccc(Cc4ccc(C(=O)O)cc4)[nH]3)oc12. The van der Waals surface area contributed by atoms with E-state index >= 15 is 0 Å². The van der Waals surface area contributed by atoms with Gasteiger partial charge in [0, 0.05) is 12.1 Å². The number of nitrogens with one attached hydrogen (secondary N) is 1. The van der Waals surface area contributed by atoms with Crippen LogP contribution in [0.3, 0.4) is 0 Å². The van der Waals surface area contributed by atoms with Gasteiger partial charge in [-0.2, -0.15) is 0 Å². The summed E-state index contributed by atoms with van der Waals surface area (Å²) in [5.74, 6) is -1.10. The lowest BCUT2D eigenvalue weighted by molar-refractivity contribution is 0.0697. The van der Waals surface area contributed by atoms with Crippen LogP contribution in [-0.4, -0.2) is 16.1 Å². The Morgan fingerprint density at radius 2 is 1.74 bits per heavy atom. The van der Waals surface area contributed by atoms with E-state index in [1.165, 1.54) is 0 Å². The van der Waals surface area contributed by atoms with Crippen molar-refractivity contribution in [3.8, 4) is 11.5 Å². The fraction of sp³-hybridized carbons (Fsp3) is 0.136. The molecule has 0 unspecified atom stereocenters. The Kier molecular flexibility index (Phi) is 4.07. The second-order valence-corrected chi connectivity index (χ2v) is 6.72. The molecule has 4 nitrogen and oxygen atoms in total. The zero-order valence-corrected chi connectivity index (χ0v) is 15.0. The summed E-state index contributed by atoms with van der Waals surface area (Å²) in [6, 6.07) is 14.2. The number of halogens is 1. The van der Waals surface area contributed by atoms with E-state index in [9.17, 15) is 9.18 Å². The molecule has 0 saturated carbocycles. The molecular weight excluding hydrogens is 345 g/mol. The standard InChI is InChI=1S/C22H18FNO3/c1-12-3-4-13(2)20-18(12)19(23)21(27-20)17-10-9-16(24-17)11-14-5-7-15(8-6-14)22(25)26/h3-10,24H,11H2,1-2H3,(H,25,26). The minimum absolute atomic E-state index is 0.204. The fourth-order valence-electron chi connectivity index (χ4n) is 3.28. The van der Waals surface area contributed by atoms with Gasteiger partial charge in [-0.1, -0.05) is 24.3 Å². The fourth-order valence-corrected chi connectivity index (χ4v) is 3.28. The van der Waals surface area contributed by atoms with E-state index < -0.39 is 5.97 Å². The Bertz CT molecular complexity index is 1150. The maximum atomic E-state index is 14.9. The maximum Gasteiger partial charge on any atom is 0.335 e. The zero-order valence-electron chi connectivity index (χ0n) is 15.0. The van der Waals surface area contributed by atoms with Gasteiger partial charge in [0.25, 0.3) is 0 Å². The molecule has 27 heavy (non-hydrogen) atoms. The van der Waals surface area contributed by atoms with Crippen molar-refractivity contribution < 1.29 is 18.7 Å². The van der Waals surface area contributed by atoms with Gasteiger partial charge in [0.15, 0.2) is 11.6 Å². The third-order valence-corrected chi connectivity index (χ3v) is 4.77. The number of furan rings is 1. The number of hydrogen-bond acceptors (Lipinski definition) is 2. The summed E-state index contributed by atoms with van der Waals surface area (Å²) < 4.78 is 20.8. The minimum atomic E-state index is -0.949. The summed E-state index contributed by atoms with van der Waals surface area (Å²) in [5.41, 5.74) is 4.99. The van der Waals surface area contributed by atoms with Crippen LogP contribution in [0.5, 0.6) is 0 Å². The van der Waals surface area contributed by atoms with E-state index in [0.717, 1.165) is 22.4 Å². The topological polar surface area (TPSA) is 66.2 Å². The number of fused-ring (bicyclic) bond motifs is 1. The van der Waals surface area contributed by atoms with Crippen LogP contribution in [0.15, 0.2) is 52.9 Å². The molecule has 5 heteroatoms. The number of carboxylic acid groups (broad SMARTS) is 1. The van der Waals surface area contributed by atoms with Crippen molar-refractivity contribution in [1.82, 2.24) is 4.98 Å². The first-order valence-electron chi connectivity index (χ1n) is 8.62. The van der Waals surface area contributed by atoms with Gasteiger partial charge in [-0.3, -0.25) is 0 Å². The highest BCUT2D eigenvalue weighted by molar-refractivity contribution is 5.88. The smallest absolute Gasteiger partial charge is 0.335 e. The Hall–Kier alpha value is -3.34. The lowest BCUT2D eigenvalue weighted by Crippen LogP contribution is -1.96. The molecular formula is C22H18FNO3. The number of aromatic carboxylic acids is 1. The second kappa shape index (κ2) is 6.43. The van der Waals surface area contributed by atoms with Crippen LogP contribution in [0, 0.1) is 19.7 Å². The maximum absolute atomic E-state index is 14.9. The van der Waals surface area contributed by atoms with E-state index in [1.54, 1.807) is 30.3 Å². The molecule has 0 saturated heterocycles. The number of hydrogen-bond donors (Lipinski definition) is 2. The number of carboxylic acids is 1. The molecule has 4 aromatic rings. The largest absolute Gasteiger partial charge is 0.478 e. The molecule has 0 spiro atoms. The third kappa shape index (κ3) is 3.01. The Balaban J connectivity index is 1.66. The van der Waals surface area contributed by atoms with Gasteiger partial charge in [0.05, 0.1) is 16.6 Å². The van der Waals surface area contributed by atoms with Crippen molar-refractivity contribution in [1.29, 1.82) is 0 Å². The van der Waals surface area contributed by atoms with E-state index in [4.69, 9.17) is 9.52 Å². The molecule has 0 amide bonds. The lowest BCUT2D eigenvalue weighted by Gasteiger charge is -2.01. The lowest BCUT2D eigenvalue weighted by atomic mass is 10.1.